The molecule has 6 nitrogen and oxygen atoms in total. The van der Waals surface area contributed by atoms with Crippen LogP contribution in [-0.2, 0) is 13.1 Å². The molecule has 0 saturated heterocycles. The summed E-state index contributed by atoms with van der Waals surface area (Å²) in [6.07, 6.45) is 5.00. The van der Waals surface area contributed by atoms with Gasteiger partial charge < -0.3 is 5.32 Å². The third kappa shape index (κ3) is 4.14. The van der Waals surface area contributed by atoms with E-state index in [0.29, 0.717) is 18.1 Å². The molecule has 23 heavy (non-hydrogen) atoms. The molecule has 1 N–H and O–H groups in total. The van der Waals surface area contributed by atoms with Crippen LogP contribution in [0.1, 0.15) is 21.6 Å². The van der Waals surface area contributed by atoms with Crippen molar-refractivity contribution in [3.05, 3.63) is 76.8 Å². The standard InChI is InChI=1S/C16H14ClN5O/c17-14-5-1-3-12(7-14)10-22-11-15(20-21-22)16(23)19-9-13-4-2-6-18-8-13/h1-8,11H,9-10H2,(H,19,23). The van der Waals surface area contributed by atoms with E-state index in [1.165, 1.54) is 0 Å². The fourth-order valence-electron chi connectivity index (χ4n) is 2.08. The van der Waals surface area contributed by atoms with E-state index in [1.54, 1.807) is 23.3 Å². The van der Waals surface area contributed by atoms with Gasteiger partial charge in [0.15, 0.2) is 5.69 Å². The molecule has 0 unspecified atom stereocenters. The van der Waals surface area contributed by atoms with E-state index >= 15 is 0 Å². The highest BCUT2D eigenvalue weighted by molar-refractivity contribution is 6.30. The third-order valence-corrected chi connectivity index (χ3v) is 3.42. The fourth-order valence-corrected chi connectivity index (χ4v) is 2.29. The van der Waals surface area contributed by atoms with Crippen LogP contribution >= 0.6 is 11.6 Å². The molecule has 0 bridgehead atoms. The monoisotopic (exact) mass is 327 g/mol. The Morgan fingerprint density at radius 3 is 2.87 bits per heavy atom. The van der Waals surface area contributed by atoms with Crippen LogP contribution in [0.2, 0.25) is 5.02 Å². The Bertz CT molecular complexity index is 803. The van der Waals surface area contributed by atoms with Gasteiger partial charge in [-0.15, -0.1) is 5.10 Å². The van der Waals surface area contributed by atoms with E-state index < -0.39 is 0 Å². The van der Waals surface area contributed by atoms with Crippen molar-refractivity contribution in [1.82, 2.24) is 25.3 Å². The Hall–Kier alpha value is -2.73. The van der Waals surface area contributed by atoms with Gasteiger partial charge in [-0.2, -0.15) is 0 Å². The second-order valence-corrected chi connectivity index (χ2v) is 5.41. The number of pyridine rings is 1. The first-order valence-electron chi connectivity index (χ1n) is 7.02. The predicted octanol–water partition coefficient (Wildman–Crippen LogP) is 2.30. The Labute approximate surface area is 138 Å². The summed E-state index contributed by atoms with van der Waals surface area (Å²) in [6.45, 7) is 0.900. The van der Waals surface area contributed by atoms with Gasteiger partial charge >= 0.3 is 0 Å². The average Bonchev–Trinajstić information content (AvgIpc) is 3.02. The first-order valence-corrected chi connectivity index (χ1v) is 7.40. The van der Waals surface area contributed by atoms with Crippen molar-refractivity contribution in [3.8, 4) is 0 Å². The highest BCUT2D eigenvalue weighted by Gasteiger charge is 2.10. The number of aromatic nitrogens is 4. The van der Waals surface area contributed by atoms with Crippen molar-refractivity contribution in [2.75, 3.05) is 0 Å². The number of carbonyl (C=O) groups excluding carboxylic acids is 1. The summed E-state index contributed by atoms with van der Waals surface area (Å²) in [5.74, 6) is -0.272. The summed E-state index contributed by atoms with van der Waals surface area (Å²) in [5.41, 5.74) is 2.19. The normalized spacial score (nSPS) is 10.5. The second kappa shape index (κ2) is 7.02. The minimum Gasteiger partial charge on any atom is -0.346 e. The lowest BCUT2D eigenvalue weighted by Gasteiger charge is -2.02. The largest absolute Gasteiger partial charge is 0.346 e. The molecule has 116 valence electrons. The summed E-state index contributed by atoms with van der Waals surface area (Å²) < 4.78 is 1.60. The molecular weight excluding hydrogens is 314 g/mol. The Morgan fingerprint density at radius 1 is 1.22 bits per heavy atom. The molecule has 3 rings (SSSR count). The van der Waals surface area contributed by atoms with Crippen molar-refractivity contribution < 1.29 is 4.79 Å². The van der Waals surface area contributed by atoms with Gasteiger partial charge in [0, 0.05) is 24.0 Å². The van der Waals surface area contributed by atoms with Crippen LogP contribution in [-0.4, -0.2) is 25.9 Å². The predicted molar refractivity (Wildman–Crippen MR) is 86.0 cm³/mol. The van der Waals surface area contributed by atoms with Crippen LogP contribution in [0.3, 0.4) is 0 Å². The lowest BCUT2D eigenvalue weighted by molar-refractivity contribution is 0.0946. The van der Waals surface area contributed by atoms with Crippen molar-refractivity contribution >= 4 is 17.5 Å². The van der Waals surface area contributed by atoms with Crippen LogP contribution in [0, 0.1) is 0 Å². The number of amides is 1. The molecule has 0 fully saturated rings. The Balaban J connectivity index is 1.61. The summed E-state index contributed by atoms with van der Waals surface area (Å²) >= 11 is 5.95. The molecule has 2 aromatic heterocycles. The Morgan fingerprint density at radius 2 is 2.09 bits per heavy atom. The second-order valence-electron chi connectivity index (χ2n) is 4.98. The van der Waals surface area contributed by atoms with Crippen LogP contribution in [0.4, 0.5) is 0 Å². The van der Waals surface area contributed by atoms with Gasteiger partial charge in [0.1, 0.15) is 0 Å². The molecule has 0 aliphatic carbocycles. The molecule has 0 aliphatic heterocycles. The van der Waals surface area contributed by atoms with Crippen molar-refractivity contribution in [2.24, 2.45) is 0 Å². The topological polar surface area (TPSA) is 72.7 Å². The summed E-state index contributed by atoms with van der Waals surface area (Å²) in [7, 11) is 0. The number of carbonyl (C=O) groups is 1. The van der Waals surface area contributed by atoms with E-state index in [4.69, 9.17) is 11.6 Å². The lowest BCUT2D eigenvalue weighted by Crippen LogP contribution is -2.23. The van der Waals surface area contributed by atoms with E-state index in [1.807, 2.05) is 36.4 Å². The first kappa shape index (κ1) is 15.2. The smallest absolute Gasteiger partial charge is 0.273 e. The number of halogens is 1. The SMILES string of the molecule is O=C(NCc1cccnc1)c1cn(Cc2cccc(Cl)c2)nn1. The van der Waals surface area contributed by atoms with Crippen LogP contribution in [0.5, 0.6) is 0 Å². The molecule has 0 atom stereocenters. The molecule has 2 heterocycles. The summed E-state index contributed by atoms with van der Waals surface area (Å²) in [5, 5.41) is 11.3. The summed E-state index contributed by atoms with van der Waals surface area (Å²) in [4.78, 5) is 16.1. The lowest BCUT2D eigenvalue weighted by atomic mass is 10.2. The zero-order chi connectivity index (χ0) is 16.1. The van der Waals surface area contributed by atoms with Gasteiger partial charge in [-0.1, -0.05) is 35.0 Å². The van der Waals surface area contributed by atoms with Crippen molar-refractivity contribution in [1.29, 1.82) is 0 Å². The highest BCUT2D eigenvalue weighted by Crippen LogP contribution is 2.11. The zero-order valence-electron chi connectivity index (χ0n) is 12.2. The zero-order valence-corrected chi connectivity index (χ0v) is 12.9. The molecule has 7 heteroatoms. The van der Waals surface area contributed by atoms with Gasteiger partial charge in [0.2, 0.25) is 0 Å². The number of rotatable bonds is 5. The molecule has 1 aromatic carbocycles. The fraction of sp³-hybridized carbons (Fsp3) is 0.125. The minimum absolute atomic E-state index is 0.272. The third-order valence-electron chi connectivity index (χ3n) is 3.18. The van der Waals surface area contributed by atoms with Crippen molar-refractivity contribution in [2.45, 2.75) is 13.1 Å². The molecule has 0 aliphatic rings. The van der Waals surface area contributed by atoms with Gasteiger partial charge in [-0.05, 0) is 29.3 Å². The van der Waals surface area contributed by atoms with Crippen molar-refractivity contribution in [3.63, 3.8) is 0 Å². The van der Waals surface area contributed by atoms with Gasteiger partial charge in [0.25, 0.3) is 5.91 Å². The number of nitrogens with zero attached hydrogens (tertiary/aromatic N) is 4. The van der Waals surface area contributed by atoms with E-state index in [9.17, 15) is 4.79 Å². The molecule has 1 amide bonds. The van der Waals surface area contributed by atoms with Crippen LogP contribution < -0.4 is 5.32 Å². The minimum atomic E-state index is -0.272. The van der Waals surface area contributed by atoms with Gasteiger partial charge in [0.05, 0.1) is 12.7 Å². The van der Waals surface area contributed by atoms with E-state index in [-0.39, 0.29) is 11.6 Å². The maximum absolute atomic E-state index is 12.1. The number of hydrogen-bond donors (Lipinski definition) is 1. The molecular formula is C16H14ClN5O. The van der Waals surface area contributed by atoms with E-state index in [0.717, 1.165) is 11.1 Å². The van der Waals surface area contributed by atoms with E-state index in [2.05, 4.69) is 20.6 Å². The molecule has 0 spiro atoms. The van der Waals surface area contributed by atoms with Gasteiger partial charge in [-0.25, -0.2) is 4.68 Å². The maximum Gasteiger partial charge on any atom is 0.273 e. The molecule has 0 radical (unpaired) electrons. The number of hydrogen-bond acceptors (Lipinski definition) is 4. The average molecular weight is 328 g/mol. The molecule has 3 aromatic rings. The maximum atomic E-state index is 12.1. The number of benzene rings is 1. The highest BCUT2D eigenvalue weighted by atomic mass is 35.5. The number of nitrogens with one attached hydrogen (secondary N) is 1. The summed E-state index contributed by atoms with van der Waals surface area (Å²) in [6, 6.07) is 11.2. The van der Waals surface area contributed by atoms with Crippen LogP contribution in [0.25, 0.3) is 0 Å². The van der Waals surface area contributed by atoms with Crippen LogP contribution in [0.15, 0.2) is 55.0 Å². The quantitative estimate of drug-likeness (QED) is 0.780. The molecule has 0 saturated carbocycles. The first-order chi connectivity index (χ1) is 11.2. The van der Waals surface area contributed by atoms with Gasteiger partial charge in [-0.3, -0.25) is 9.78 Å². The Kier molecular flexibility index (Phi) is 4.63.